The molecule has 0 fully saturated rings. The van der Waals surface area contributed by atoms with Gasteiger partial charge in [0.25, 0.3) is 0 Å². The van der Waals surface area contributed by atoms with Crippen molar-refractivity contribution >= 4 is 6.16 Å². The van der Waals surface area contributed by atoms with E-state index in [-0.39, 0.29) is 6.42 Å². The minimum absolute atomic E-state index is 0.101. The normalized spacial score (nSPS) is 11.2. The highest BCUT2D eigenvalue weighted by atomic mass is 16.8. The van der Waals surface area contributed by atoms with Gasteiger partial charge in [-0.05, 0) is 6.42 Å². The van der Waals surface area contributed by atoms with Crippen molar-refractivity contribution < 1.29 is 24.9 Å². The average Bonchev–Trinajstić information content (AvgIpc) is 1.81. The predicted molar refractivity (Wildman–Crippen MR) is 35.8 cm³/mol. The van der Waals surface area contributed by atoms with Crippen molar-refractivity contribution in [2.75, 3.05) is 0 Å². The molecule has 0 aromatic heterocycles. The Bertz CT molecular complexity index is 131. The molecular formula is C6H12O5. The van der Waals surface area contributed by atoms with Gasteiger partial charge >= 0.3 is 12.1 Å². The zero-order valence-electron chi connectivity index (χ0n) is 6.28. The molecule has 0 aliphatic carbocycles. The van der Waals surface area contributed by atoms with Crippen LogP contribution in [0.4, 0.5) is 4.79 Å². The molecule has 0 amide bonds. The lowest BCUT2D eigenvalue weighted by Crippen LogP contribution is -2.33. The van der Waals surface area contributed by atoms with Crippen LogP contribution in [0, 0.1) is 0 Å². The van der Waals surface area contributed by atoms with Gasteiger partial charge < -0.3 is 20.1 Å². The molecule has 5 nitrogen and oxygen atoms in total. The Morgan fingerprint density at radius 2 is 2.09 bits per heavy atom. The van der Waals surface area contributed by atoms with E-state index in [0.29, 0.717) is 6.42 Å². The van der Waals surface area contributed by atoms with Crippen LogP contribution in [0.3, 0.4) is 0 Å². The Morgan fingerprint density at radius 1 is 1.55 bits per heavy atom. The second kappa shape index (κ2) is 4.15. The number of aliphatic hydroxyl groups is 2. The lowest BCUT2D eigenvalue weighted by molar-refractivity contribution is -0.315. The Balaban J connectivity index is 3.70. The maximum absolute atomic E-state index is 9.84. The van der Waals surface area contributed by atoms with Crippen LogP contribution in [0.25, 0.3) is 0 Å². The fourth-order valence-electron chi connectivity index (χ4n) is 0.598. The molecule has 0 bridgehead atoms. The summed E-state index contributed by atoms with van der Waals surface area (Å²) < 4.78 is 3.77. The van der Waals surface area contributed by atoms with Gasteiger partial charge in [0.2, 0.25) is 0 Å². The number of carbonyl (C=O) groups is 1. The van der Waals surface area contributed by atoms with Crippen LogP contribution < -0.4 is 0 Å². The van der Waals surface area contributed by atoms with Crippen LogP contribution in [-0.2, 0) is 4.74 Å². The van der Waals surface area contributed by atoms with Gasteiger partial charge in [-0.2, -0.15) is 0 Å². The van der Waals surface area contributed by atoms with Gasteiger partial charge in [0.1, 0.15) is 0 Å². The summed E-state index contributed by atoms with van der Waals surface area (Å²) in [7, 11) is 0. The second-order valence-electron chi connectivity index (χ2n) is 2.21. The second-order valence-corrected chi connectivity index (χ2v) is 2.21. The number of carboxylic acid groups (broad SMARTS) is 1. The molecule has 0 saturated heterocycles. The number of unbranched alkanes of at least 4 members (excludes halogenated alkanes) is 1. The maximum Gasteiger partial charge on any atom is 0.510 e. The van der Waals surface area contributed by atoms with E-state index in [4.69, 9.17) is 15.3 Å². The quantitative estimate of drug-likeness (QED) is 0.416. The van der Waals surface area contributed by atoms with Crippen LogP contribution in [0.2, 0.25) is 0 Å². The molecule has 0 unspecified atom stereocenters. The zero-order chi connectivity index (χ0) is 8.91. The maximum atomic E-state index is 9.84. The molecule has 66 valence electrons. The highest BCUT2D eigenvalue weighted by Gasteiger charge is 2.27. The van der Waals surface area contributed by atoms with Crippen LogP contribution in [0.15, 0.2) is 0 Å². The monoisotopic (exact) mass is 164 g/mol. The minimum atomic E-state index is -2.53. The van der Waals surface area contributed by atoms with E-state index in [9.17, 15) is 4.79 Å². The summed E-state index contributed by atoms with van der Waals surface area (Å²) in [6.45, 7) is 1.84. The van der Waals surface area contributed by atoms with Gasteiger partial charge in [-0.3, -0.25) is 0 Å². The highest BCUT2D eigenvalue weighted by Crippen LogP contribution is 2.11. The summed E-state index contributed by atoms with van der Waals surface area (Å²) in [5, 5.41) is 25.5. The molecule has 0 spiro atoms. The fourth-order valence-corrected chi connectivity index (χ4v) is 0.598. The third-order valence-electron chi connectivity index (χ3n) is 1.11. The first kappa shape index (κ1) is 10.2. The third-order valence-corrected chi connectivity index (χ3v) is 1.11. The van der Waals surface area contributed by atoms with Crippen molar-refractivity contribution in [3.63, 3.8) is 0 Å². The summed E-state index contributed by atoms with van der Waals surface area (Å²) in [5.74, 6) is -2.53. The first-order valence-electron chi connectivity index (χ1n) is 3.34. The molecule has 0 saturated carbocycles. The van der Waals surface area contributed by atoms with E-state index in [1.54, 1.807) is 0 Å². The lowest BCUT2D eigenvalue weighted by atomic mass is 10.2. The van der Waals surface area contributed by atoms with Crippen molar-refractivity contribution in [2.24, 2.45) is 0 Å². The van der Waals surface area contributed by atoms with Gasteiger partial charge in [0, 0.05) is 6.42 Å². The Kier molecular flexibility index (Phi) is 3.84. The van der Waals surface area contributed by atoms with Crippen molar-refractivity contribution in [1.29, 1.82) is 0 Å². The molecule has 0 rings (SSSR count). The minimum Gasteiger partial charge on any atom is -0.450 e. The lowest BCUT2D eigenvalue weighted by Gasteiger charge is -2.18. The van der Waals surface area contributed by atoms with Gasteiger partial charge in [0.15, 0.2) is 0 Å². The van der Waals surface area contributed by atoms with E-state index in [0.717, 1.165) is 6.42 Å². The van der Waals surface area contributed by atoms with Gasteiger partial charge in [-0.15, -0.1) is 0 Å². The van der Waals surface area contributed by atoms with Crippen molar-refractivity contribution in [2.45, 2.75) is 32.2 Å². The number of hydrogen-bond donors (Lipinski definition) is 3. The molecule has 0 aromatic rings. The first-order chi connectivity index (χ1) is 4.98. The van der Waals surface area contributed by atoms with Gasteiger partial charge in [-0.1, -0.05) is 13.3 Å². The molecule has 0 heterocycles. The van der Waals surface area contributed by atoms with Crippen molar-refractivity contribution in [3.8, 4) is 0 Å². The standard InChI is InChI=1S/C6H12O5/c1-2-3-4-6(9,10)11-5(7)8/h9-10H,2-4H2,1H3,(H,7,8). The van der Waals surface area contributed by atoms with Gasteiger partial charge in [-0.25, -0.2) is 4.79 Å². The predicted octanol–water partition coefficient (Wildman–Crippen LogP) is 0.510. The molecule has 3 N–H and O–H groups in total. The van der Waals surface area contributed by atoms with Crippen LogP contribution in [0.1, 0.15) is 26.2 Å². The first-order valence-corrected chi connectivity index (χ1v) is 3.34. The molecule has 0 aromatic carbocycles. The molecule has 0 aliphatic heterocycles. The fraction of sp³-hybridized carbons (Fsp3) is 0.833. The molecular weight excluding hydrogens is 152 g/mol. The zero-order valence-corrected chi connectivity index (χ0v) is 6.28. The van der Waals surface area contributed by atoms with Crippen LogP contribution >= 0.6 is 0 Å². The summed E-state index contributed by atoms with van der Waals surface area (Å²) in [5.41, 5.74) is 0. The van der Waals surface area contributed by atoms with E-state index in [1.807, 2.05) is 6.92 Å². The van der Waals surface area contributed by atoms with E-state index in [2.05, 4.69) is 4.74 Å². The Morgan fingerprint density at radius 3 is 2.45 bits per heavy atom. The Labute approximate surface area is 64.2 Å². The molecule has 11 heavy (non-hydrogen) atoms. The third kappa shape index (κ3) is 5.63. The number of hydrogen-bond acceptors (Lipinski definition) is 4. The van der Waals surface area contributed by atoms with Crippen molar-refractivity contribution in [3.05, 3.63) is 0 Å². The molecule has 5 heteroatoms. The summed E-state index contributed by atoms with van der Waals surface area (Å²) in [4.78, 5) is 9.84. The van der Waals surface area contributed by atoms with E-state index < -0.39 is 12.1 Å². The Hall–Kier alpha value is -0.810. The van der Waals surface area contributed by atoms with E-state index in [1.165, 1.54) is 0 Å². The number of ether oxygens (including phenoxy) is 1. The van der Waals surface area contributed by atoms with Gasteiger partial charge in [0.05, 0.1) is 0 Å². The molecule has 0 radical (unpaired) electrons. The van der Waals surface area contributed by atoms with Crippen LogP contribution in [0.5, 0.6) is 0 Å². The average molecular weight is 164 g/mol. The SMILES string of the molecule is CCCCC(O)(O)OC(=O)O. The van der Waals surface area contributed by atoms with E-state index >= 15 is 0 Å². The highest BCUT2D eigenvalue weighted by molar-refractivity contribution is 5.57. The molecule has 0 atom stereocenters. The van der Waals surface area contributed by atoms with Crippen LogP contribution in [-0.4, -0.2) is 27.4 Å². The molecule has 0 aliphatic rings. The summed E-state index contributed by atoms with van der Waals surface area (Å²) in [6, 6.07) is 0. The smallest absolute Gasteiger partial charge is 0.450 e. The van der Waals surface area contributed by atoms with Crippen molar-refractivity contribution in [1.82, 2.24) is 0 Å². The largest absolute Gasteiger partial charge is 0.510 e. The number of rotatable bonds is 4. The topological polar surface area (TPSA) is 87.0 Å². The summed E-state index contributed by atoms with van der Waals surface area (Å²) >= 11 is 0. The summed E-state index contributed by atoms with van der Waals surface area (Å²) in [6.07, 6.45) is -0.548.